The minimum Gasteiger partial charge on any atom is -0.496 e. The van der Waals surface area contributed by atoms with Crippen molar-refractivity contribution in [3.05, 3.63) is 59.9 Å². The van der Waals surface area contributed by atoms with Crippen LogP contribution in [-0.2, 0) is 22.6 Å². The lowest BCUT2D eigenvalue weighted by atomic mass is 10.0. The summed E-state index contributed by atoms with van der Waals surface area (Å²) in [5.41, 5.74) is 2.73. The number of hydrogen-bond acceptors (Lipinski definition) is 5. The van der Waals surface area contributed by atoms with Crippen LogP contribution in [0, 0.1) is 0 Å². The summed E-state index contributed by atoms with van der Waals surface area (Å²) in [5, 5.41) is 3.93. The fourth-order valence-corrected chi connectivity index (χ4v) is 4.00. The van der Waals surface area contributed by atoms with E-state index in [1.807, 2.05) is 42.6 Å². The molecule has 1 aliphatic heterocycles. The third kappa shape index (κ3) is 4.64. The first-order valence-electron chi connectivity index (χ1n) is 10.6. The van der Waals surface area contributed by atoms with Gasteiger partial charge in [0.2, 0.25) is 11.8 Å². The minimum atomic E-state index is -0.219. The van der Waals surface area contributed by atoms with Crippen LogP contribution in [-0.4, -0.2) is 55.7 Å². The van der Waals surface area contributed by atoms with Crippen molar-refractivity contribution in [2.24, 2.45) is 0 Å². The quantitative estimate of drug-likeness (QED) is 0.572. The first-order chi connectivity index (χ1) is 16.0. The SMILES string of the molecule is COc1cc2c(cc1OC)CC(=O)N(CC(=O)NCCn1ccc3c(OC)cccc31)C=C2. The summed E-state index contributed by atoms with van der Waals surface area (Å²) >= 11 is 0. The van der Waals surface area contributed by atoms with Gasteiger partial charge in [-0.05, 0) is 47.5 Å². The molecule has 2 heterocycles. The molecule has 0 fully saturated rings. The molecule has 1 N–H and O–H groups in total. The molecule has 0 atom stereocenters. The minimum absolute atomic E-state index is 0.0438. The van der Waals surface area contributed by atoms with Gasteiger partial charge in [0.1, 0.15) is 12.3 Å². The van der Waals surface area contributed by atoms with Crippen molar-refractivity contribution in [3.8, 4) is 17.2 Å². The number of rotatable bonds is 8. The fraction of sp³-hybridized carbons (Fsp3) is 0.280. The molecule has 3 aromatic rings. The summed E-state index contributed by atoms with van der Waals surface area (Å²) in [6, 6.07) is 11.5. The predicted molar refractivity (Wildman–Crippen MR) is 125 cm³/mol. The van der Waals surface area contributed by atoms with Crippen LogP contribution in [0.25, 0.3) is 17.0 Å². The highest BCUT2D eigenvalue weighted by atomic mass is 16.5. The van der Waals surface area contributed by atoms with Crippen molar-refractivity contribution >= 4 is 28.8 Å². The van der Waals surface area contributed by atoms with Gasteiger partial charge in [-0.1, -0.05) is 6.07 Å². The van der Waals surface area contributed by atoms with Crippen LogP contribution in [0.5, 0.6) is 17.2 Å². The van der Waals surface area contributed by atoms with Crippen molar-refractivity contribution in [2.75, 3.05) is 34.4 Å². The third-order valence-corrected chi connectivity index (χ3v) is 5.72. The number of hydrogen-bond donors (Lipinski definition) is 1. The smallest absolute Gasteiger partial charge is 0.240 e. The molecular formula is C25H27N3O5. The molecule has 172 valence electrons. The zero-order valence-electron chi connectivity index (χ0n) is 19.0. The van der Waals surface area contributed by atoms with Crippen molar-refractivity contribution in [1.29, 1.82) is 0 Å². The summed E-state index contributed by atoms with van der Waals surface area (Å²) in [6.07, 6.45) is 5.60. The first-order valence-corrected chi connectivity index (χ1v) is 10.6. The van der Waals surface area contributed by atoms with E-state index >= 15 is 0 Å². The van der Waals surface area contributed by atoms with Crippen molar-refractivity contribution < 1.29 is 23.8 Å². The largest absolute Gasteiger partial charge is 0.496 e. The Balaban J connectivity index is 1.36. The summed E-state index contributed by atoms with van der Waals surface area (Å²) < 4.78 is 18.1. The van der Waals surface area contributed by atoms with E-state index in [-0.39, 0.29) is 24.8 Å². The molecule has 4 rings (SSSR count). The number of nitrogens with zero attached hydrogens (tertiary/aromatic N) is 2. The number of benzene rings is 2. The molecule has 0 unspecified atom stereocenters. The molecule has 0 saturated heterocycles. The van der Waals surface area contributed by atoms with E-state index in [1.54, 1.807) is 33.6 Å². The van der Waals surface area contributed by atoms with Gasteiger partial charge in [-0.2, -0.15) is 0 Å². The van der Waals surface area contributed by atoms with E-state index in [0.29, 0.717) is 24.6 Å². The number of amides is 2. The van der Waals surface area contributed by atoms with Gasteiger partial charge < -0.3 is 29.0 Å². The lowest BCUT2D eigenvalue weighted by Crippen LogP contribution is -2.39. The van der Waals surface area contributed by atoms with E-state index in [1.165, 1.54) is 4.90 Å². The van der Waals surface area contributed by atoms with Crippen LogP contribution in [0.15, 0.2) is 48.8 Å². The number of fused-ring (bicyclic) bond motifs is 2. The van der Waals surface area contributed by atoms with Crippen LogP contribution in [0.1, 0.15) is 11.1 Å². The second kappa shape index (κ2) is 9.68. The summed E-state index contributed by atoms with van der Waals surface area (Å²) in [5.74, 6) is 1.60. The molecule has 0 aliphatic carbocycles. The number of methoxy groups -OCH3 is 3. The Morgan fingerprint density at radius 2 is 1.79 bits per heavy atom. The Morgan fingerprint density at radius 1 is 1.03 bits per heavy atom. The zero-order chi connectivity index (χ0) is 23.4. The number of nitrogens with one attached hydrogen (secondary N) is 1. The molecular weight excluding hydrogens is 422 g/mol. The van der Waals surface area contributed by atoms with E-state index in [9.17, 15) is 9.59 Å². The van der Waals surface area contributed by atoms with E-state index in [2.05, 4.69) is 9.88 Å². The summed E-state index contributed by atoms with van der Waals surface area (Å²) in [4.78, 5) is 26.7. The molecule has 0 radical (unpaired) electrons. The molecule has 0 saturated carbocycles. The molecule has 8 heteroatoms. The van der Waals surface area contributed by atoms with Gasteiger partial charge in [-0.25, -0.2) is 0 Å². The van der Waals surface area contributed by atoms with Crippen LogP contribution >= 0.6 is 0 Å². The topological polar surface area (TPSA) is 82.0 Å². The fourth-order valence-electron chi connectivity index (χ4n) is 4.00. The van der Waals surface area contributed by atoms with Crippen LogP contribution in [0.3, 0.4) is 0 Å². The Kier molecular flexibility index (Phi) is 6.53. The van der Waals surface area contributed by atoms with Gasteiger partial charge in [0.05, 0.1) is 33.3 Å². The maximum Gasteiger partial charge on any atom is 0.240 e. The number of ether oxygens (including phenoxy) is 3. The highest BCUT2D eigenvalue weighted by Crippen LogP contribution is 2.32. The van der Waals surface area contributed by atoms with Crippen molar-refractivity contribution in [1.82, 2.24) is 14.8 Å². The van der Waals surface area contributed by atoms with Gasteiger partial charge in [0, 0.05) is 30.9 Å². The van der Waals surface area contributed by atoms with Gasteiger partial charge in [0.25, 0.3) is 0 Å². The van der Waals surface area contributed by atoms with E-state index < -0.39 is 0 Å². The van der Waals surface area contributed by atoms with Gasteiger partial charge in [-0.15, -0.1) is 0 Å². The monoisotopic (exact) mass is 449 g/mol. The molecule has 1 aromatic heterocycles. The average molecular weight is 450 g/mol. The number of aromatic nitrogens is 1. The molecule has 33 heavy (non-hydrogen) atoms. The normalized spacial score (nSPS) is 12.9. The van der Waals surface area contributed by atoms with Crippen molar-refractivity contribution in [2.45, 2.75) is 13.0 Å². The van der Waals surface area contributed by atoms with Crippen LogP contribution < -0.4 is 19.5 Å². The summed E-state index contributed by atoms with van der Waals surface area (Å²) in [7, 11) is 4.78. The molecule has 0 spiro atoms. The summed E-state index contributed by atoms with van der Waals surface area (Å²) in [6.45, 7) is 1.01. The predicted octanol–water partition coefficient (Wildman–Crippen LogP) is 2.84. The highest BCUT2D eigenvalue weighted by molar-refractivity contribution is 5.89. The third-order valence-electron chi connectivity index (χ3n) is 5.72. The highest BCUT2D eigenvalue weighted by Gasteiger charge is 2.21. The molecule has 2 amide bonds. The molecule has 1 aliphatic rings. The van der Waals surface area contributed by atoms with E-state index in [0.717, 1.165) is 27.8 Å². The second-order valence-electron chi connectivity index (χ2n) is 7.67. The zero-order valence-corrected chi connectivity index (χ0v) is 19.0. The molecule has 2 aromatic carbocycles. The Bertz CT molecular complexity index is 1210. The Hall–Kier alpha value is -3.94. The standard InChI is InChI=1S/C25H27N3O5/c1-31-21-6-4-5-20-19(21)8-11-27(20)12-9-26-24(29)16-28-10-7-17-13-22(32-2)23(33-3)14-18(17)15-25(28)30/h4-8,10-11,13-14H,9,12,15-16H2,1-3H3,(H,26,29). The Morgan fingerprint density at radius 3 is 2.55 bits per heavy atom. The maximum absolute atomic E-state index is 12.7. The van der Waals surface area contributed by atoms with Gasteiger partial charge >= 0.3 is 0 Å². The van der Waals surface area contributed by atoms with Gasteiger partial charge in [0.15, 0.2) is 11.5 Å². The van der Waals surface area contributed by atoms with E-state index in [4.69, 9.17) is 14.2 Å². The molecule has 0 bridgehead atoms. The Labute approximate surface area is 192 Å². The van der Waals surface area contributed by atoms with Crippen LogP contribution in [0.2, 0.25) is 0 Å². The lowest BCUT2D eigenvalue weighted by molar-refractivity contribution is -0.132. The second-order valence-corrected chi connectivity index (χ2v) is 7.67. The van der Waals surface area contributed by atoms with Crippen molar-refractivity contribution in [3.63, 3.8) is 0 Å². The molecule has 8 nitrogen and oxygen atoms in total. The average Bonchev–Trinajstić information content (AvgIpc) is 3.18. The van der Waals surface area contributed by atoms with Gasteiger partial charge in [-0.3, -0.25) is 9.59 Å². The number of carbonyl (C=O) groups is 2. The first kappa shape index (κ1) is 22.3. The maximum atomic E-state index is 12.7. The number of carbonyl (C=O) groups excluding carboxylic acids is 2. The lowest BCUT2D eigenvalue weighted by Gasteiger charge is -2.17. The van der Waals surface area contributed by atoms with Crippen LogP contribution in [0.4, 0.5) is 0 Å².